The van der Waals surface area contributed by atoms with Gasteiger partial charge in [0.2, 0.25) is 0 Å². The van der Waals surface area contributed by atoms with Crippen LogP contribution in [0.4, 0.5) is 0 Å². The summed E-state index contributed by atoms with van der Waals surface area (Å²) in [6.45, 7) is 0.469. The van der Waals surface area contributed by atoms with E-state index < -0.39 is 6.10 Å². The number of aliphatic hydroxyl groups is 1. The van der Waals surface area contributed by atoms with Crippen molar-refractivity contribution in [3.05, 3.63) is 70.8 Å². The fourth-order valence-electron chi connectivity index (χ4n) is 2.73. The second kappa shape index (κ2) is 6.44. The zero-order chi connectivity index (χ0) is 14.7. The Morgan fingerprint density at radius 3 is 2.00 bits per heavy atom. The summed E-state index contributed by atoms with van der Waals surface area (Å²) in [5.74, 6) is 0.237. The van der Waals surface area contributed by atoms with Gasteiger partial charge in [0.05, 0.1) is 12.1 Å². The number of hydrogen-bond donors (Lipinski definition) is 2. The molecule has 0 saturated carbocycles. The monoisotopic (exact) mass is 299 g/mol. The van der Waals surface area contributed by atoms with Gasteiger partial charge >= 0.3 is 0 Å². The Morgan fingerprint density at radius 2 is 1.48 bits per heavy atom. The van der Waals surface area contributed by atoms with Crippen molar-refractivity contribution < 1.29 is 5.11 Å². The summed E-state index contributed by atoms with van der Waals surface area (Å²) in [5, 5.41) is 13.2. The van der Waals surface area contributed by atoms with Crippen LogP contribution >= 0.6 is 11.6 Å². The first kappa shape index (κ1) is 14.3. The molecule has 2 aromatic carbocycles. The van der Waals surface area contributed by atoms with Gasteiger partial charge in [-0.1, -0.05) is 60.7 Å². The molecule has 1 atom stereocenters. The molecule has 0 fully saturated rings. The highest BCUT2D eigenvalue weighted by atomic mass is 35.5. The number of aliphatic hydroxyl groups excluding tert-OH is 1. The predicted octanol–water partition coefficient (Wildman–Crippen LogP) is 3.45. The van der Waals surface area contributed by atoms with Gasteiger partial charge in [0.25, 0.3) is 0 Å². The van der Waals surface area contributed by atoms with Crippen LogP contribution in [0.2, 0.25) is 0 Å². The van der Waals surface area contributed by atoms with Crippen molar-refractivity contribution in [1.29, 1.82) is 0 Å². The Hall–Kier alpha value is -1.61. The average molecular weight is 300 g/mol. The van der Waals surface area contributed by atoms with Crippen LogP contribution in [0.25, 0.3) is 12.2 Å². The summed E-state index contributed by atoms with van der Waals surface area (Å²) < 4.78 is 0. The molecular weight excluding hydrogens is 282 g/mol. The molecule has 0 aliphatic heterocycles. The van der Waals surface area contributed by atoms with Crippen LogP contribution in [0.15, 0.2) is 48.5 Å². The molecule has 2 aromatic rings. The molecule has 3 heteroatoms. The van der Waals surface area contributed by atoms with E-state index in [2.05, 4.69) is 41.7 Å². The number of benzene rings is 2. The summed E-state index contributed by atoms with van der Waals surface area (Å²) >= 11 is 5.70. The molecule has 2 N–H and O–H groups in total. The van der Waals surface area contributed by atoms with E-state index in [0.717, 1.165) is 0 Å². The summed E-state index contributed by atoms with van der Waals surface area (Å²) in [7, 11) is 0. The van der Waals surface area contributed by atoms with E-state index in [9.17, 15) is 5.11 Å². The Kier molecular flexibility index (Phi) is 4.39. The van der Waals surface area contributed by atoms with Crippen LogP contribution in [0.1, 0.15) is 28.3 Å². The summed E-state index contributed by atoms with van der Waals surface area (Å²) in [6, 6.07) is 16.7. The lowest BCUT2D eigenvalue weighted by molar-refractivity contribution is 0.191. The van der Waals surface area contributed by atoms with Crippen molar-refractivity contribution in [3.8, 4) is 0 Å². The highest BCUT2D eigenvalue weighted by molar-refractivity contribution is 6.18. The molecule has 0 radical (unpaired) electrons. The van der Waals surface area contributed by atoms with E-state index >= 15 is 0 Å². The van der Waals surface area contributed by atoms with Gasteiger partial charge in [-0.05, 0) is 22.3 Å². The Bertz CT molecular complexity index is 604. The molecule has 0 spiro atoms. The van der Waals surface area contributed by atoms with Gasteiger partial charge in [-0.3, -0.25) is 0 Å². The minimum Gasteiger partial charge on any atom is -0.391 e. The molecule has 108 valence electrons. The molecule has 3 rings (SSSR count). The van der Waals surface area contributed by atoms with Crippen molar-refractivity contribution in [3.63, 3.8) is 0 Å². The zero-order valence-electron chi connectivity index (χ0n) is 11.7. The molecule has 0 unspecified atom stereocenters. The van der Waals surface area contributed by atoms with Crippen molar-refractivity contribution in [2.24, 2.45) is 0 Å². The Labute approximate surface area is 130 Å². The summed E-state index contributed by atoms with van der Waals surface area (Å²) in [4.78, 5) is 0. The first-order valence-electron chi connectivity index (χ1n) is 7.13. The number of fused-ring (bicyclic) bond motifs is 2. The molecule has 1 aliphatic carbocycles. The third-order valence-electron chi connectivity index (χ3n) is 3.79. The molecule has 0 heterocycles. The van der Waals surface area contributed by atoms with Crippen LogP contribution in [0.5, 0.6) is 0 Å². The lowest BCUT2D eigenvalue weighted by atomic mass is 9.94. The lowest BCUT2D eigenvalue weighted by Crippen LogP contribution is -2.32. The maximum absolute atomic E-state index is 9.74. The normalized spacial score (nSPS) is 15.1. The smallest absolute Gasteiger partial charge is 0.0799 e. The standard InChI is InChI=1S/C18H18ClNO/c19-11-15(21)12-20-18-16-7-3-1-5-13(16)9-10-14-6-2-4-8-17(14)18/h1-10,15,18,20-21H,11-12H2/t15-/m1/s1. The van der Waals surface area contributed by atoms with E-state index in [1.807, 2.05) is 24.3 Å². The number of rotatable bonds is 4. The van der Waals surface area contributed by atoms with Crippen molar-refractivity contribution >= 4 is 23.8 Å². The van der Waals surface area contributed by atoms with Crippen LogP contribution in [-0.4, -0.2) is 23.6 Å². The van der Waals surface area contributed by atoms with E-state index in [-0.39, 0.29) is 11.9 Å². The van der Waals surface area contributed by atoms with Crippen molar-refractivity contribution in [2.45, 2.75) is 12.1 Å². The maximum Gasteiger partial charge on any atom is 0.0799 e. The number of hydrogen-bond acceptors (Lipinski definition) is 2. The van der Waals surface area contributed by atoms with E-state index in [1.165, 1.54) is 22.3 Å². The number of halogens is 1. The second-order valence-corrected chi connectivity index (χ2v) is 5.55. The molecule has 0 saturated heterocycles. The first-order valence-corrected chi connectivity index (χ1v) is 7.66. The van der Waals surface area contributed by atoms with Crippen LogP contribution in [0.3, 0.4) is 0 Å². The highest BCUT2D eigenvalue weighted by Crippen LogP contribution is 2.32. The van der Waals surface area contributed by atoms with Gasteiger partial charge in [0.1, 0.15) is 0 Å². The van der Waals surface area contributed by atoms with Crippen molar-refractivity contribution in [2.75, 3.05) is 12.4 Å². The molecule has 0 amide bonds. The largest absolute Gasteiger partial charge is 0.391 e. The number of nitrogens with one attached hydrogen (secondary N) is 1. The predicted molar refractivity (Wildman–Crippen MR) is 88.4 cm³/mol. The van der Waals surface area contributed by atoms with Crippen LogP contribution in [-0.2, 0) is 0 Å². The minimum atomic E-state index is -0.540. The zero-order valence-corrected chi connectivity index (χ0v) is 12.4. The molecule has 1 aliphatic rings. The average Bonchev–Trinajstić information content (AvgIpc) is 2.69. The Morgan fingerprint density at radius 1 is 0.952 bits per heavy atom. The Balaban J connectivity index is 2.02. The van der Waals surface area contributed by atoms with Gasteiger partial charge in [-0.2, -0.15) is 0 Å². The molecule has 2 nitrogen and oxygen atoms in total. The van der Waals surface area contributed by atoms with E-state index in [0.29, 0.717) is 6.54 Å². The van der Waals surface area contributed by atoms with Gasteiger partial charge in [0.15, 0.2) is 0 Å². The van der Waals surface area contributed by atoms with Crippen LogP contribution < -0.4 is 5.32 Å². The second-order valence-electron chi connectivity index (χ2n) is 5.24. The fourth-order valence-corrected chi connectivity index (χ4v) is 2.84. The fraction of sp³-hybridized carbons (Fsp3) is 0.222. The van der Waals surface area contributed by atoms with Crippen LogP contribution in [0, 0.1) is 0 Å². The number of alkyl halides is 1. The van der Waals surface area contributed by atoms with Crippen molar-refractivity contribution in [1.82, 2.24) is 5.32 Å². The topological polar surface area (TPSA) is 32.3 Å². The molecule has 21 heavy (non-hydrogen) atoms. The first-order chi connectivity index (χ1) is 10.3. The van der Waals surface area contributed by atoms with Gasteiger partial charge < -0.3 is 10.4 Å². The summed E-state index contributed by atoms with van der Waals surface area (Å²) in [5.41, 5.74) is 4.85. The molecular formula is C18H18ClNO. The SMILES string of the molecule is O[C@H](CCl)CNC1c2ccccc2C=Cc2ccccc21. The van der Waals surface area contributed by atoms with Gasteiger partial charge in [-0.15, -0.1) is 11.6 Å². The third-order valence-corrected chi connectivity index (χ3v) is 4.15. The quantitative estimate of drug-likeness (QED) is 0.848. The third kappa shape index (κ3) is 3.03. The van der Waals surface area contributed by atoms with Gasteiger partial charge in [0, 0.05) is 12.4 Å². The lowest BCUT2D eigenvalue weighted by Gasteiger charge is -2.23. The molecule has 0 bridgehead atoms. The van der Waals surface area contributed by atoms with Gasteiger partial charge in [-0.25, -0.2) is 0 Å². The minimum absolute atomic E-state index is 0.0604. The molecule has 0 aromatic heterocycles. The maximum atomic E-state index is 9.74. The highest BCUT2D eigenvalue weighted by Gasteiger charge is 2.21. The van der Waals surface area contributed by atoms with E-state index in [1.54, 1.807) is 0 Å². The van der Waals surface area contributed by atoms with E-state index in [4.69, 9.17) is 11.6 Å². The summed E-state index contributed by atoms with van der Waals surface area (Å²) in [6.07, 6.45) is 3.75.